The van der Waals surface area contributed by atoms with Crippen molar-refractivity contribution < 1.29 is 5.11 Å². The van der Waals surface area contributed by atoms with Gasteiger partial charge < -0.3 is 10.4 Å². The van der Waals surface area contributed by atoms with Crippen LogP contribution in [0.3, 0.4) is 0 Å². The summed E-state index contributed by atoms with van der Waals surface area (Å²) in [5.41, 5.74) is -0.733. The molecule has 0 saturated carbocycles. The van der Waals surface area contributed by atoms with Crippen molar-refractivity contribution in [3.05, 3.63) is 17.5 Å². The molecule has 1 atom stereocenters. The first-order valence-corrected chi connectivity index (χ1v) is 5.35. The third-order valence-corrected chi connectivity index (χ3v) is 2.37. The Hall–Kier alpha value is -0.870. The molecular weight excluding hydrogens is 214 g/mol. The van der Waals surface area contributed by atoms with Gasteiger partial charge in [-0.25, -0.2) is 9.97 Å². The van der Waals surface area contributed by atoms with Gasteiger partial charge in [-0.05, 0) is 13.3 Å². The molecule has 1 aromatic rings. The summed E-state index contributed by atoms with van der Waals surface area (Å²) in [6.45, 7) is 4.25. The molecule has 5 heteroatoms. The number of halogens is 1. The molecule has 0 aliphatic carbocycles. The predicted octanol–water partition coefficient (Wildman–Crippen LogP) is 2.09. The molecule has 0 fully saturated rings. The molecule has 0 amide bonds. The molecular formula is C10H16ClN3O. The molecule has 2 N–H and O–H groups in total. The first kappa shape index (κ1) is 12.2. The third-order valence-electron chi connectivity index (χ3n) is 2.09. The Morgan fingerprint density at radius 2 is 2.33 bits per heavy atom. The maximum atomic E-state index is 9.92. The summed E-state index contributed by atoms with van der Waals surface area (Å²) in [6.07, 6.45) is 4.61. The zero-order chi connectivity index (χ0) is 11.3. The maximum Gasteiger partial charge on any atom is 0.148 e. The third kappa shape index (κ3) is 4.01. The van der Waals surface area contributed by atoms with Crippen molar-refractivity contribution in [2.75, 3.05) is 11.9 Å². The molecule has 84 valence electrons. The van der Waals surface area contributed by atoms with Crippen molar-refractivity contribution in [1.29, 1.82) is 0 Å². The average Bonchev–Trinajstić information content (AvgIpc) is 2.16. The van der Waals surface area contributed by atoms with Gasteiger partial charge >= 0.3 is 0 Å². The number of anilines is 1. The Morgan fingerprint density at radius 3 is 2.93 bits per heavy atom. The van der Waals surface area contributed by atoms with E-state index < -0.39 is 5.60 Å². The number of aromatic nitrogens is 2. The Labute approximate surface area is 94.7 Å². The first-order valence-electron chi connectivity index (χ1n) is 4.97. The molecule has 0 spiro atoms. The van der Waals surface area contributed by atoms with Gasteiger partial charge in [-0.3, -0.25) is 0 Å². The number of rotatable bonds is 5. The topological polar surface area (TPSA) is 58.0 Å². The van der Waals surface area contributed by atoms with Crippen molar-refractivity contribution in [2.45, 2.75) is 32.3 Å². The van der Waals surface area contributed by atoms with Crippen molar-refractivity contribution in [1.82, 2.24) is 9.97 Å². The molecule has 0 aliphatic rings. The fraction of sp³-hybridized carbons (Fsp3) is 0.600. The van der Waals surface area contributed by atoms with E-state index in [9.17, 15) is 5.11 Å². The first-order chi connectivity index (χ1) is 7.05. The Morgan fingerprint density at radius 1 is 1.60 bits per heavy atom. The van der Waals surface area contributed by atoms with Crippen LogP contribution in [0.2, 0.25) is 5.02 Å². The van der Waals surface area contributed by atoms with Crippen LogP contribution >= 0.6 is 11.6 Å². The highest BCUT2D eigenvalue weighted by atomic mass is 35.5. The second-order valence-corrected chi connectivity index (χ2v) is 4.23. The summed E-state index contributed by atoms with van der Waals surface area (Å²) >= 11 is 5.86. The van der Waals surface area contributed by atoms with Gasteiger partial charge in [0.05, 0.1) is 11.8 Å². The Bertz CT molecular complexity index is 317. The number of aliphatic hydroxyl groups is 1. The van der Waals surface area contributed by atoms with Gasteiger partial charge in [0.15, 0.2) is 0 Å². The van der Waals surface area contributed by atoms with Gasteiger partial charge in [0, 0.05) is 6.54 Å². The molecule has 4 nitrogen and oxygen atoms in total. The fourth-order valence-electron chi connectivity index (χ4n) is 1.34. The Kier molecular flexibility index (Phi) is 4.29. The highest BCUT2D eigenvalue weighted by Gasteiger charge is 2.19. The lowest BCUT2D eigenvalue weighted by molar-refractivity contribution is 0.0636. The molecule has 0 bridgehead atoms. The van der Waals surface area contributed by atoms with Crippen molar-refractivity contribution >= 4 is 17.4 Å². The van der Waals surface area contributed by atoms with E-state index in [1.54, 1.807) is 6.92 Å². The zero-order valence-electron chi connectivity index (χ0n) is 9.00. The molecule has 15 heavy (non-hydrogen) atoms. The van der Waals surface area contributed by atoms with Crippen molar-refractivity contribution in [2.24, 2.45) is 0 Å². The van der Waals surface area contributed by atoms with E-state index in [2.05, 4.69) is 15.3 Å². The molecule has 1 heterocycles. The molecule has 0 radical (unpaired) electrons. The highest BCUT2D eigenvalue weighted by Crippen LogP contribution is 2.18. The number of nitrogens with zero attached hydrogens (tertiary/aromatic N) is 2. The van der Waals surface area contributed by atoms with E-state index >= 15 is 0 Å². The summed E-state index contributed by atoms with van der Waals surface area (Å²) in [5.74, 6) is 0.558. The minimum absolute atomic E-state index is 0.428. The lowest BCUT2D eigenvalue weighted by Gasteiger charge is -2.23. The fourth-order valence-corrected chi connectivity index (χ4v) is 1.52. The van der Waals surface area contributed by atoms with Crippen LogP contribution in [0, 0.1) is 0 Å². The van der Waals surface area contributed by atoms with Crippen LogP contribution in [0.25, 0.3) is 0 Å². The van der Waals surface area contributed by atoms with E-state index in [-0.39, 0.29) is 0 Å². The quantitative estimate of drug-likeness (QED) is 0.812. The van der Waals surface area contributed by atoms with Gasteiger partial charge in [0.1, 0.15) is 17.2 Å². The maximum absolute atomic E-state index is 9.92. The average molecular weight is 230 g/mol. The second-order valence-electron chi connectivity index (χ2n) is 3.82. The van der Waals surface area contributed by atoms with Crippen LogP contribution in [0.15, 0.2) is 12.5 Å². The van der Waals surface area contributed by atoms with E-state index in [4.69, 9.17) is 11.6 Å². The predicted molar refractivity (Wildman–Crippen MR) is 61.1 cm³/mol. The molecule has 1 aromatic heterocycles. The molecule has 0 aliphatic heterocycles. The molecule has 1 rings (SSSR count). The number of nitrogens with one attached hydrogen (secondary N) is 1. The Balaban J connectivity index is 2.53. The van der Waals surface area contributed by atoms with Gasteiger partial charge in [-0.15, -0.1) is 0 Å². The number of hydrogen-bond donors (Lipinski definition) is 2. The molecule has 0 aromatic carbocycles. The van der Waals surface area contributed by atoms with Crippen LogP contribution in [0.4, 0.5) is 5.82 Å². The van der Waals surface area contributed by atoms with Gasteiger partial charge in [-0.1, -0.05) is 24.9 Å². The van der Waals surface area contributed by atoms with Crippen LogP contribution in [-0.2, 0) is 0 Å². The smallest absolute Gasteiger partial charge is 0.148 e. The summed E-state index contributed by atoms with van der Waals surface area (Å²) in [5, 5.41) is 13.4. The van der Waals surface area contributed by atoms with Crippen LogP contribution in [0.1, 0.15) is 26.7 Å². The zero-order valence-corrected chi connectivity index (χ0v) is 9.75. The minimum Gasteiger partial charge on any atom is -0.388 e. The van der Waals surface area contributed by atoms with Gasteiger partial charge in [-0.2, -0.15) is 0 Å². The molecule has 0 saturated heterocycles. The van der Waals surface area contributed by atoms with Crippen LogP contribution < -0.4 is 5.32 Å². The van der Waals surface area contributed by atoms with E-state index in [0.29, 0.717) is 17.4 Å². The van der Waals surface area contributed by atoms with Crippen LogP contribution in [-0.4, -0.2) is 27.2 Å². The number of hydrogen-bond acceptors (Lipinski definition) is 4. The van der Waals surface area contributed by atoms with Crippen LogP contribution in [0.5, 0.6) is 0 Å². The van der Waals surface area contributed by atoms with E-state index in [1.807, 2.05) is 6.92 Å². The summed E-state index contributed by atoms with van der Waals surface area (Å²) in [6, 6.07) is 0. The van der Waals surface area contributed by atoms with Crippen molar-refractivity contribution in [3.63, 3.8) is 0 Å². The summed E-state index contributed by atoms with van der Waals surface area (Å²) < 4.78 is 0. The second kappa shape index (κ2) is 5.28. The lowest BCUT2D eigenvalue weighted by atomic mass is 10.0. The largest absolute Gasteiger partial charge is 0.388 e. The SMILES string of the molecule is CCCC(C)(O)CNc1ncncc1Cl. The summed E-state index contributed by atoms with van der Waals surface area (Å²) in [4.78, 5) is 7.76. The van der Waals surface area contributed by atoms with Gasteiger partial charge in [0.2, 0.25) is 0 Å². The normalized spacial score (nSPS) is 14.7. The van der Waals surface area contributed by atoms with E-state index in [0.717, 1.165) is 12.8 Å². The summed E-state index contributed by atoms with van der Waals surface area (Å²) in [7, 11) is 0. The van der Waals surface area contributed by atoms with E-state index in [1.165, 1.54) is 12.5 Å². The lowest BCUT2D eigenvalue weighted by Crippen LogP contribution is -2.33. The highest BCUT2D eigenvalue weighted by molar-refractivity contribution is 6.32. The monoisotopic (exact) mass is 229 g/mol. The standard InChI is InChI=1S/C10H16ClN3O/c1-3-4-10(2,15)6-13-9-8(11)5-12-7-14-9/h5,7,15H,3-4,6H2,1-2H3,(H,12,13,14). The van der Waals surface area contributed by atoms with Crippen molar-refractivity contribution in [3.8, 4) is 0 Å². The molecule has 1 unspecified atom stereocenters. The van der Waals surface area contributed by atoms with Gasteiger partial charge in [0.25, 0.3) is 0 Å². The minimum atomic E-state index is -0.733.